The molecular formula is C30H32ClF2N5O2. The molecule has 0 saturated heterocycles. The van der Waals surface area contributed by atoms with Crippen molar-refractivity contribution in [3.63, 3.8) is 0 Å². The number of carbonyl (C=O) groups excluding carboxylic acids is 1. The molecule has 40 heavy (non-hydrogen) atoms. The number of rotatable bonds is 12. The average molecular weight is 568 g/mol. The molecule has 0 fully saturated rings. The van der Waals surface area contributed by atoms with Gasteiger partial charge in [0.15, 0.2) is 0 Å². The van der Waals surface area contributed by atoms with Crippen LogP contribution in [-0.4, -0.2) is 55.5 Å². The minimum absolute atomic E-state index is 0.0306. The van der Waals surface area contributed by atoms with Gasteiger partial charge in [-0.15, -0.1) is 0 Å². The molecule has 0 saturated carbocycles. The largest absolute Gasteiger partial charge is 0.476 e. The SMILES string of the molecule is CC/C(=C(/c1ccc(OCCNC/C=C/C(=O)N(C)C)nc1)c1ccc(N)c(C(=N)F)c1)c1ccc(F)cc1Cl. The Hall–Kier alpha value is -4.08. The van der Waals surface area contributed by atoms with Gasteiger partial charge in [-0.25, -0.2) is 9.37 Å². The number of nitrogens with one attached hydrogen (secondary N) is 2. The van der Waals surface area contributed by atoms with E-state index in [2.05, 4.69) is 10.3 Å². The average Bonchev–Trinajstić information content (AvgIpc) is 2.92. The Bertz CT molecular complexity index is 1420. The van der Waals surface area contributed by atoms with Crippen LogP contribution in [-0.2, 0) is 4.79 Å². The van der Waals surface area contributed by atoms with Gasteiger partial charge in [-0.1, -0.05) is 36.7 Å². The smallest absolute Gasteiger partial charge is 0.245 e. The van der Waals surface area contributed by atoms with Crippen molar-refractivity contribution in [1.82, 2.24) is 15.2 Å². The lowest BCUT2D eigenvalue weighted by Crippen LogP contribution is -2.22. The summed E-state index contributed by atoms with van der Waals surface area (Å²) in [6.45, 7) is 3.36. The third-order valence-electron chi connectivity index (χ3n) is 6.01. The number of anilines is 1. The molecule has 0 radical (unpaired) electrons. The fraction of sp³-hybridized carbons (Fsp3) is 0.233. The Kier molecular flexibility index (Phi) is 10.9. The zero-order valence-electron chi connectivity index (χ0n) is 22.6. The molecule has 10 heteroatoms. The lowest BCUT2D eigenvalue weighted by molar-refractivity contribution is -0.123. The van der Waals surface area contributed by atoms with Crippen molar-refractivity contribution >= 4 is 40.3 Å². The van der Waals surface area contributed by atoms with Gasteiger partial charge in [0.05, 0.1) is 10.6 Å². The topological polar surface area (TPSA) is 104 Å². The number of ether oxygens (including phenoxy) is 1. The summed E-state index contributed by atoms with van der Waals surface area (Å²) >= 11 is 6.43. The summed E-state index contributed by atoms with van der Waals surface area (Å²) in [4.78, 5) is 17.5. The van der Waals surface area contributed by atoms with E-state index in [0.717, 1.165) is 5.57 Å². The van der Waals surface area contributed by atoms with Crippen molar-refractivity contribution in [2.75, 3.05) is 39.5 Å². The quantitative estimate of drug-likeness (QED) is 0.0852. The Balaban J connectivity index is 1.88. The molecule has 0 atom stereocenters. The zero-order chi connectivity index (χ0) is 29.2. The van der Waals surface area contributed by atoms with E-state index in [1.807, 2.05) is 13.0 Å². The van der Waals surface area contributed by atoms with Crippen molar-refractivity contribution < 1.29 is 18.3 Å². The van der Waals surface area contributed by atoms with Crippen LogP contribution < -0.4 is 15.8 Å². The van der Waals surface area contributed by atoms with Gasteiger partial charge in [-0.2, -0.15) is 4.39 Å². The lowest BCUT2D eigenvalue weighted by Gasteiger charge is -2.18. The van der Waals surface area contributed by atoms with Crippen molar-refractivity contribution in [3.8, 4) is 5.88 Å². The van der Waals surface area contributed by atoms with E-state index in [-0.39, 0.29) is 22.2 Å². The van der Waals surface area contributed by atoms with E-state index in [0.29, 0.717) is 54.3 Å². The van der Waals surface area contributed by atoms with Crippen LogP contribution in [0.25, 0.3) is 11.1 Å². The predicted octanol–water partition coefficient (Wildman–Crippen LogP) is 5.73. The molecule has 3 rings (SSSR count). The number of hydrogen-bond acceptors (Lipinski definition) is 6. The number of nitrogen functional groups attached to an aromatic ring is 1. The minimum Gasteiger partial charge on any atom is -0.476 e. The number of hydrogen-bond donors (Lipinski definition) is 3. The van der Waals surface area contributed by atoms with Crippen molar-refractivity contribution in [1.29, 1.82) is 5.41 Å². The fourth-order valence-corrected chi connectivity index (χ4v) is 4.27. The van der Waals surface area contributed by atoms with E-state index >= 15 is 0 Å². The second-order valence-electron chi connectivity index (χ2n) is 9.02. The maximum absolute atomic E-state index is 14.0. The number of nitrogens with zero attached hydrogens (tertiary/aromatic N) is 2. The Morgan fingerprint density at radius 3 is 2.52 bits per heavy atom. The number of likely N-dealkylation sites (N-methyl/N-ethyl adjacent to an activating group) is 1. The molecule has 7 nitrogen and oxygen atoms in total. The molecule has 0 aliphatic rings. The van der Waals surface area contributed by atoms with Crippen LogP contribution >= 0.6 is 11.6 Å². The highest BCUT2D eigenvalue weighted by Gasteiger charge is 2.18. The second-order valence-corrected chi connectivity index (χ2v) is 9.43. The number of nitrogens with two attached hydrogens (primary N) is 1. The van der Waals surface area contributed by atoms with Gasteiger partial charge in [0, 0.05) is 56.8 Å². The van der Waals surface area contributed by atoms with Gasteiger partial charge in [0.25, 0.3) is 0 Å². The standard InChI is InChI=1S/C30H32ClF2N5O2/c1-4-22(23-10-9-21(32)17-25(23)31)29(19-7-11-26(34)24(16-19)30(33)35)20-8-12-27(37-18-20)40-15-14-36-13-5-6-28(39)38(2)3/h5-12,16-18,35-36H,4,13-15,34H2,1-3H3/b6-5+,29-22-,35-30?. The fourth-order valence-electron chi connectivity index (χ4n) is 3.99. The van der Waals surface area contributed by atoms with Gasteiger partial charge in [-0.05, 0) is 59.0 Å². The molecule has 0 bridgehead atoms. The van der Waals surface area contributed by atoms with Crippen LogP contribution in [0, 0.1) is 11.2 Å². The number of pyridine rings is 1. The second kappa shape index (κ2) is 14.3. The molecule has 2 aromatic carbocycles. The Morgan fingerprint density at radius 1 is 1.15 bits per heavy atom. The molecule has 0 unspecified atom stereocenters. The van der Waals surface area contributed by atoms with Gasteiger partial charge in [0.1, 0.15) is 12.4 Å². The van der Waals surface area contributed by atoms with Crippen molar-refractivity contribution in [2.45, 2.75) is 13.3 Å². The highest BCUT2D eigenvalue weighted by Crippen LogP contribution is 2.38. The first kappa shape index (κ1) is 30.5. The van der Waals surface area contributed by atoms with Gasteiger partial charge < -0.3 is 20.7 Å². The van der Waals surface area contributed by atoms with Gasteiger partial charge >= 0.3 is 0 Å². The normalized spacial score (nSPS) is 11.8. The summed E-state index contributed by atoms with van der Waals surface area (Å²) in [5.41, 5.74) is 9.42. The van der Waals surface area contributed by atoms with Crippen molar-refractivity contribution in [3.05, 3.63) is 100.0 Å². The number of allylic oxidation sites excluding steroid dienone is 1. The summed E-state index contributed by atoms with van der Waals surface area (Å²) in [6.07, 6.45) is 5.40. The number of halogens is 3. The summed E-state index contributed by atoms with van der Waals surface area (Å²) in [5.74, 6) is -1.28. The van der Waals surface area contributed by atoms with Crippen LogP contribution in [0.15, 0.2) is 66.9 Å². The number of amides is 1. The summed E-state index contributed by atoms with van der Waals surface area (Å²) in [7, 11) is 3.38. The molecule has 0 aliphatic carbocycles. The Labute approximate surface area is 237 Å². The van der Waals surface area contributed by atoms with Crippen LogP contribution in [0.5, 0.6) is 5.88 Å². The van der Waals surface area contributed by atoms with E-state index in [1.54, 1.807) is 50.6 Å². The van der Waals surface area contributed by atoms with Crippen LogP contribution in [0.3, 0.4) is 0 Å². The molecule has 1 amide bonds. The first-order chi connectivity index (χ1) is 19.1. The number of benzene rings is 2. The molecule has 4 N–H and O–H groups in total. The van der Waals surface area contributed by atoms with E-state index < -0.39 is 11.8 Å². The molecule has 210 valence electrons. The van der Waals surface area contributed by atoms with Gasteiger partial charge in [0.2, 0.25) is 17.8 Å². The van der Waals surface area contributed by atoms with Crippen LogP contribution in [0.4, 0.5) is 14.5 Å². The summed E-state index contributed by atoms with van der Waals surface area (Å²) in [5, 5.41) is 10.9. The lowest BCUT2D eigenvalue weighted by atomic mass is 9.88. The third kappa shape index (κ3) is 7.97. The molecular weight excluding hydrogens is 536 g/mol. The van der Waals surface area contributed by atoms with E-state index in [9.17, 15) is 13.6 Å². The molecule has 3 aromatic rings. The highest BCUT2D eigenvalue weighted by atomic mass is 35.5. The summed E-state index contributed by atoms with van der Waals surface area (Å²) in [6, 6.07) is 12.5. The first-order valence-corrected chi connectivity index (χ1v) is 13.0. The third-order valence-corrected chi connectivity index (χ3v) is 6.32. The first-order valence-electron chi connectivity index (χ1n) is 12.6. The maximum atomic E-state index is 14.0. The van der Waals surface area contributed by atoms with Crippen LogP contribution in [0.1, 0.15) is 35.6 Å². The minimum atomic E-state index is -1.15. The monoisotopic (exact) mass is 567 g/mol. The van der Waals surface area contributed by atoms with Gasteiger partial charge in [-0.3, -0.25) is 10.2 Å². The van der Waals surface area contributed by atoms with Crippen molar-refractivity contribution in [2.24, 2.45) is 0 Å². The Morgan fingerprint density at radius 2 is 1.90 bits per heavy atom. The summed E-state index contributed by atoms with van der Waals surface area (Å²) < 4.78 is 33.5. The zero-order valence-corrected chi connectivity index (χ0v) is 23.4. The molecule has 1 heterocycles. The van der Waals surface area contributed by atoms with E-state index in [1.165, 1.54) is 29.2 Å². The molecule has 1 aromatic heterocycles. The predicted molar refractivity (Wildman–Crippen MR) is 157 cm³/mol. The van der Waals surface area contributed by atoms with Crippen LogP contribution in [0.2, 0.25) is 5.02 Å². The number of aromatic nitrogens is 1. The highest BCUT2D eigenvalue weighted by molar-refractivity contribution is 6.32. The molecule has 0 aliphatic heterocycles. The number of carbonyl (C=O) groups is 1. The molecule has 0 spiro atoms. The maximum Gasteiger partial charge on any atom is 0.245 e. The van der Waals surface area contributed by atoms with E-state index in [4.69, 9.17) is 27.5 Å².